The van der Waals surface area contributed by atoms with Crippen molar-refractivity contribution in [2.45, 2.75) is 39.2 Å². The Morgan fingerprint density at radius 2 is 2.19 bits per heavy atom. The molecule has 1 heterocycles. The van der Waals surface area contributed by atoms with Gasteiger partial charge in [0.2, 0.25) is 0 Å². The molecule has 1 aromatic heterocycles. The Kier molecular flexibility index (Phi) is 8.15. The van der Waals surface area contributed by atoms with E-state index in [2.05, 4.69) is 29.1 Å². The van der Waals surface area contributed by atoms with E-state index in [0.717, 1.165) is 5.69 Å². The third-order valence-corrected chi connectivity index (χ3v) is 2.13. The number of hydrogen-bond donors (Lipinski definition) is 3. The summed E-state index contributed by atoms with van der Waals surface area (Å²) >= 11 is 0. The van der Waals surface area contributed by atoms with E-state index in [4.69, 9.17) is 5.11 Å². The number of H-pyrrole nitrogens is 1. The van der Waals surface area contributed by atoms with Gasteiger partial charge in [-0.15, -0.1) is 0 Å². The molecule has 0 aromatic carbocycles. The van der Waals surface area contributed by atoms with Crippen LogP contribution in [0.4, 0.5) is 0 Å². The highest BCUT2D eigenvalue weighted by Crippen LogP contribution is 1.97. The molecule has 0 saturated heterocycles. The monoisotopic (exact) mass is 227 g/mol. The van der Waals surface area contributed by atoms with Crippen molar-refractivity contribution in [3.63, 3.8) is 0 Å². The van der Waals surface area contributed by atoms with E-state index in [9.17, 15) is 4.79 Å². The van der Waals surface area contributed by atoms with Crippen molar-refractivity contribution in [2.24, 2.45) is 0 Å². The van der Waals surface area contributed by atoms with Crippen LogP contribution in [0.1, 0.15) is 32.4 Å². The van der Waals surface area contributed by atoms with Crippen molar-refractivity contribution in [1.29, 1.82) is 0 Å². The molecule has 1 atom stereocenters. The molecule has 5 nitrogen and oxygen atoms in total. The summed E-state index contributed by atoms with van der Waals surface area (Å²) in [5.41, 5.74) is 0.816. The van der Waals surface area contributed by atoms with Crippen molar-refractivity contribution >= 4 is 5.97 Å². The number of aromatic nitrogens is 2. The van der Waals surface area contributed by atoms with Gasteiger partial charge in [-0.1, -0.05) is 26.7 Å². The summed E-state index contributed by atoms with van der Waals surface area (Å²) in [5, 5.41) is 11.4. The Morgan fingerprint density at radius 1 is 1.56 bits per heavy atom. The molecular formula is C11H21N3O2. The highest BCUT2D eigenvalue weighted by molar-refractivity contribution is 5.73. The number of carbonyl (C=O) groups is 1. The van der Waals surface area contributed by atoms with Gasteiger partial charge in [-0.3, -0.25) is 4.79 Å². The third kappa shape index (κ3) is 6.19. The topological polar surface area (TPSA) is 78.0 Å². The van der Waals surface area contributed by atoms with Crippen LogP contribution >= 0.6 is 0 Å². The molecule has 0 saturated carbocycles. The summed E-state index contributed by atoms with van der Waals surface area (Å²) in [6.45, 7) is 4.36. The molecule has 0 aliphatic carbocycles. The molecule has 0 fully saturated rings. The molecule has 0 amide bonds. The Hall–Kier alpha value is -1.36. The first-order chi connectivity index (χ1) is 7.65. The fraction of sp³-hybridized carbons (Fsp3) is 0.636. The zero-order valence-corrected chi connectivity index (χ0v) is 10.2. The number of hydrogen-bond acceptors (Lipinski definition) is 3. The lowest BCUT2D eigenvalue weighted by atomic mass is 10.2. The van der Waals surface area contributed by atoms with Gasteiger partial charge >= 0.3 is 5.97 Å². The number of aliphatic carboxylic acids is 1. The Morgan fingerprint density at radius 3 is 2.50 bits per heavy atom. The minimum Gasteiger partial charge on any atom is -0.480 e. The van der Waals surface area contributed by atoms with Crippen molar-refractivity contribution in [2.75, 3.05) is 7.05 Å². The average Bonchev–Trinajstić information content (AvgIpc) is 2.78. The van der Waals surface area contributed by atoms with Crippen LogP contribution in [0.3, 0.4) is 0 Å². The van der Waals surface area contributed by atoms with E-state index in [1.807, 2.05) is 0 Å². The predicted molar refractivity (Wildman–Crippen MR) is 63.4 cm³/mol. The number of nitrogens with one attached hydrogen (secondary N) is 2. The number of aromatic amines is 1. The van der Waals surface area contributed by atoms with Gasteiger partial charge in [-0.25, -0.2) is 4.98 Å². The molecule has 0 unspecified atom stereocenters. The van der Waals surface area contributed by atoms with Gasteiger partial charge in [0.25, 0.3) is 0 Å². The number of carboxylic acids is 1. The first kappa shape index (κ1) is 14.6. The van der Waals surface area contributed by atoms with Gasteiger partial charge < -0.3 is 15.4 Å². The quantitative estimate of drug-likeness (QED) is 0.711. The van der Waals surface area contributed by atoms with E-state index in [1.54, 1.807) is 13.2 Å². The standard InChI is InChI=1S/C7H11N3O2.C4H10/c1-8-6(7(11)12)2-5-3-9-4-10-5;1-3-4-2/h3-4,6,8H,2H2,1H3,(H,9,10)(H,11,12);3-4H2,1-2H3/t6-;/m0./s1. The number of imidazole rings is 1. The van der Waals surface area contributed by atoms with Crippen LogP contribution < -0.4 is 5.32 Å². The lowest BCUT2D eigenvalue weighted by Crippen LogP contribution is -2.35. The molecule has 3 N–H and O–H groups in total. The Bertz CT molecular complexity index is 271. The number of nitrogens with zero attached hydrogens (tertiary/aromatic N) is 1. The number of unbranched alkanes of at least 4 members (excludes halogenated alkanes) is 1. The lowest BCUT2D eigenvalue weighted by Gasteiger charge is -2.08. The van der Waals surface area contributed by atoms with Crippen LogP contribution in [-0.4, -0.2) is 34.1 Å². The number of rotatable bonds is 5. The number of likely N-dealkylation sites (N-methyl/N-ethyl adjacent to an activating group) is 1. The predicted octanol–water partition coefficient (Wildman–Crippen LogP) is 1.43. The van der Waals surface area contributed by atoms with Crippen LogP contribution in [0.15, 0.2) is 12.5 Å². The van der Waals surface area contributed by atoms with E-state index < -0.39 is 12.0 Å². The minimum atomic E-state index is -0.855. The molecule has 1 aromatic rings. The van der Waals surface area contributed by atoms with E-state index in [1.165, 1.54) is 19.2 Å². The molecule has 0 bridgehead atoms. The lowest BCUT2D eigenvalue weighted by molar-refractivity contribution is -0.139. The summed E-state index contributed by atoms with van der Waals surface area (Å²) in [7, 11) is 1.62. The highest BCUT2D eigenvalue weighted by atomic mass is 16.4. The molecule has 0 aliphatic heterocycles. The molecule has 0 radical (unpaired) electrons. The van der Waals surface area contributed by atoms with Gasteiger partial charge in [0.1, 0.15) is 6.04 Å². The highest BCUT2D eigenvalue weighted by Gasteiger charge is 2.15. The fourth-order valence-corrected chi connectivity index (χ4v) is 0.929. The smallest absolute Gasteiger partial charge is 0.321 e. The molecular weight excluding hydrogens is 206 g/mol. The summed E-state index contributed by atoms with van der Waals surface area (Å²) in [6.07, 6.45) is 6.21. The van der Waals surface area contributed by atoms with Gasteiger partial charge in [0, 0.05) is 18.3 Å². The zero-order chi connectivity index (χ0) is 12.4. The number of carboxylic acid groups (broad SMARTS) is 1. The van der Waals surface area contributed by atoms with Gasteiger partial charge in [0.15, 0.2) is 0 Å². The van der Waals surface area contributed by atoms with Crippen molar-refractivity contribution in [3.05, 3.63) is 18.2 Å². The van der Waals surface area contributed by atoms with Crippen molar-refractivity contribution < 1.29 is 9.90 Å². The van der Waals surface area contributed by atoms with Gasteiger partial charge in [-0.2, -0.15) is 0 Å². The maximum Gasteiger partial charge on any atom is 0.321 e. The van der Waals surface area contributed by atoms with E-state index >= 15 is 0 Å². The SMILES string of the molecule is CCCC.CN[C@@H](Cc1cnc[nH]1)C(=O)O. The first-order valence-corrected chi connectivity index (χ1v) is 5.52. The summed E-state index contributed by atoms with van der Waals surface area (Å²) in [5.74, 6) is -0.855. The zero-order valence-electron chi connectivity index (χ0n) is 10.2. The van der Waals surface area contributed by atoms with Crippen LogP contribution in [0, 0.1) is 0 Å². The minimum absolute atomic E-state index is 0.422. The Labute approximate surface area is 96.3 Å². The third-order valence-electron chi connectivity index (χ3n) is 2.13. The molecule has 92 valence electrons. The van der Waals surface area contributed by atoms with Gasteiger partial charge in [0.05, 0.1) is 6.33 Å². The first-order valence-electron chi connectivity index (χ1n) is 5.52. The van der Waals surface area contributed by atoms with E-state index in [0.29, 0.717) is 6.42 Å². The van der Waals surface area contributed by atoms with Crippen LogP contribution in [0.25, 0.3) is 0 Å². The molecule has 1 rings (SSSR count). The molecule has 16 heavy (non-hydrogen) atoms. The largest absolute Gasteiger partial charge is 0.480 e. The molecule has 0 aliphatic rings. The van der Waals surface area contributed by atoms with E-state index in [-0.39, 0.29) is 0 Å². The maximum absolute atomic E-state index is 10.6. The van der Waals surface area contributed by atoms with Crippen molar-refractivity contribution in [1.82, 2.24) is 15.3 Å². The summed E-state index contributed by atoms with van der Waals surface area (Å²) in [4.78, 5) is 17.2. The van der Waals surface area contributed by atoms with Gasteiger partial charge in [-0.05, 0) is 7.05 Å². The maximum atomic E-state index is 10.6. The molecule has 0 spiro atoms. The summed E-state index contributed by atoms with van der Waals surface area (Å²) in [6, 6.07) is -0.551. The average molecular weight is 227 g/mol. The fourth-order valence-electron chi connectivity index (χ4n) is 0.929. The normalized spacial score (nSPS) is 11.4. The second-order valence-electron chi connectivity index (χ2n) is 3.46. The summed E-state index contributed by atoms with van der Waals surface area (Å²) < 4.78 is 0. The van der Waals surface area contributed by atoms with Crippen LogP contribution in [0.5, 0.6) is 0 Å². The second kappa shape index (κ2) is 8.91. The Balaban J connectivity index is 0.000000487. The molecule has 5 heteroatoms. The van der Waals surface area contributed by atoms with Crippen LogP contribution in [0.2, 0.25) is 0 Å². The van der Waals surface area contributed by atoms with Crippen molar-refractivity contribution in [3.8, 4) is 0 Å². The van der Waals surface area contributed by atoms with Crippen LogP contribution in [-0.2, 0) is 11.2 Å². The second-order valence-corrected chi connectivity index (χ2v) is 3.46.